The third kappa shape index (κ3) is 10.0. The molecule has 0 saturated carbocycles. The maximum atomic E-state index is 10.2. The molecule has 0 heterocycles. The Kier molecular flexibility index (Phi) is 10.6. The number of nitrogens with one attached hydrogen (secondary N) is 1. The molecule has 0 radical (unpaired) electrons. The van der Waals surface area contributed by atoms with E-state index in [4.69, 9.17) is 22.1 Å². The van der Waals surface area contributed by atoms with Crippen molar-refractivity contribution in [1.82, 2.24) is 0 Å². The van der Waals surface area contributed by atoms with E-state index in [1.54, 1.807) is 0 Å². The average molecular weight is 353 g/mol. The first-order valence-electron chi connectivity index (χ1n) is 8.50. The fraction of sp³-hybridized carbons (Fsp3) is 0.556. The van der Waals surface area contributed by atoms with Gasteiger partial charge in [0.1, 0.15) is 0 Å². The van der Waals surface area contributed by atoms with Gasteiger partial charge in [0.2, 0.25) is 0 Å². The van der Waals surface area contributed by atoms with E-state index in [1.165, 1.54) is 5.56 Å². The van der Waals surface area contributed by atoms with Crippen molar-refractivity contribution in [1.29, 1.82) is 0 Å². The predicted molar refractivity (Wildman–Crippen MR) is 99.7 cm³/mol. The van der Waals surface area contributed by atoms with Crippen LogP contribution in [0.5, 0.6) is 0 Å². The summed E-state index contributed by atoms with van der Waals surface area (Å²) in [5.41, 5.74) is 2.17. The van der Waals surface area contributed by atoms with E-state index < -0.39 is 6.16 Å². The quantitative estimate of drug-likeness (QED) is 0.331. The largest absolute Gasteiger partial charge is 0.505 e. The Morgan fingerprint density at radius 1 is 1.04 bits per heavy atom. The van der Waals surface area contributed by atoms with Crippen molar-refractivity contribution in [2.24, 2.45) is 0 Å². The van der Waals surface area contributed by atoms with Crippen molar-refractivity contribution in [3.63, 3.8) is 0 Å². The van der Waals surface area contributed by atoms with E-state index in [1.807, 2.05) is 12.1 Å². The van der Waals surface area contributed by atoms with Crippen LogP contribution in [0.15, 0.2) is 24.3 Å². The predicted octanol–water partition coefficient (Wildman–Crippen LogP) is 5.00. The van der Waals surface area contributed by atoms with E-state index in [0.717, 1.165) is 50.6 Å². The van der Waals surface area contributed by atoms with Gasteiger partial charge >= 0.3 is 6.16 Å². The summed E-state index contributed by atoms with van der Waals surface area (Å²) in [6.07, 6.45) is 5.82. The van der Waals surface area contributed by atoms with E-state index >= 15 is 0 Å². The molecule has 1 aromatic carbocycles. The SMILES string of the molecule is CCCCCOC(=S)Nc1ccc(CCCCCOC(=O)O)cc1. The summed E-state index contributed by atoms with van der Waals surface area (Å²) in [4.78, 5) is 10.2. The van der Waals surface area contributed by atoms with Gasteiger partial charge < -0.3 is 19.9 Å². The molecule has 0 amide bonds. The zero-order chi connectivity index (χ0) is 17.6. The third-order valence-electron chi connectivity index (χ3n) is 3.52. The van der Waals surface area contributed by atoms with E-state index in [-0.39, 0.29) is 6.61 Å². The van der Waals surface area contributed by atoms with Crippen molar-refractivity contribution in [2.45, 2.75) is 51.9 Å². The Bertz CT molecular complexity index is 490. The lowest BCUT2D eigenvalue weighted by atomic mass is 10.1. The number of hydrogen-bond donors (Lipinski definition) is 2. The van der Waals surface area contributed by atoms with Crippen LogP contribution in [0.4, 0.5) is 10.5 Å². The molecule has 1 aromatic rings. The number of anilines is 1. The Labute approximate surface area is 149 Å². The topological polar surface area (TPSA) is 67.8 Å². The fourth-order valence-corrected chi connectivity index (χ4v) is 2.39. The minimum Gasteiger partial charge on any atom is -0.471 e. The van der Waals surface area contributed by atoms with Crippen molar-refractivity contribution in [2.75, 3.05) is 18.5 Å². The highest BCUT2D eigenvalue weighted by Gasteiger charge is 2.00. The molecular formula is C18H27NO4S. The molecule has 0 fully saturated rings. The molecule has 0 spiro atoms. The van der Waals surface area contributed by atoms with Gasteiger partial charge in [-0.3, -0.25) is 0 Å². The van der Waals surface area contributed by atoms with Gasteiger partial charge in [0.25, 0.3) is 5.17 Å². The number of carbonyl (C=O) groups is 1. The first-order valence-corrected chi connectivity index (χ1v) is 8.91. The minimum atomic E-state index is -1.20. The van der Waals surface area contributed by atoms with Crippen LogP contribution in [-0.4, -0.2) is 29.7 Å². The number of aryl methyl sites for hydroxylation is 1. The minimum absolute atomic E-state index is 0.272. The molecule has 24 heavy (non-hydrogen) atoms. The zero-order valence-corrected chi connectivity index (χ0v) is 15.1. The molecule has 0 aromatic heterocycles. The lowest BCUT2D eigenvalue weighted by Gasteiger charge is -2.10. The summed E-state index contributed by atoms with van der Waals surface area (Å²) in [5.74, 6) is 0. The van der Waals surface area contributed by atoms with Gasteiger partial charge in [-0.05, 0) is 62.0 Å². The van der Waals surface area contributed by atoms with Crippen LogP contribution in [0.3, 0.4) is 0 Å². The van der Waals surface area contributed by atoms with Gasteiger partial charge in [0.15, 0.2) is 0 Å². The smallest absolute Gasteiger partial charge is 0.471 e. The van der Waals surface area contributed by atoms with Gasteiger partial charge in [0, 0.05) is 5.69 Å². The van der Waals surface area contributed by atoms with E-state index in [0.29, 0.717) is 11.8 Å². The molecule has 1 rings (SSSR count). The monoisotopic (exact) mass is 353 g/mol. The number of thiocarbonyl (C=S) groups is 1. The molecule has 6 heteroatoms. The molecule has 0 unspecified atom stereocenters. The second-order valence-corrected chi connectivity index (χ2v) is 5.96. The van der Waals surface area contributed by atoms with Gasteiger partial charge in [0.05, 0.1) is 13.2 Å². The van der Waals surface area contributed by atoms with Crippen LogP contribution in [0.1, 0.15) is 51.0 Å². The van der Waals surface area contributed by atoms with Crippen LogP contribution in [-0.2, 0) is 15.9 Å². The molecule has 0 atom stereocenters. The summed E-state index contributed by atoms with van der Waals surface area (Å²) < 4.78 is 9.94. The van der Waals surface area contributed by atoms with Gasteiger partial charge in [-0.25, -0.2) is 4.79 Å². The average Bonchev–Trinajstić information content (AvgIpc) is 2.56. The Hall–Kier alpha value is -1.82. The number of carboxylic acid groups (broad SMARTS) is 1. The molecular weight excluding hydrogens is 326 g/mol. The molecule has 0 saturated heterocycles. The van der Waals surface area contributed by atoms with E-state index in [9.17, 15) is 4.79 Å². The van der Waals surface area contributed by atoms with Crippen molar-refractivity contribution < 1.29 is 19.4 Å². The van der Waals surface area contributed by atoms with Crippen LogP contribution >= 0.6 is 12.2 Å². The standard InChI is InChI=1S/C18H27NO4S/c1-2-3-6-13-22-17(24)19-16-11-9-15(10-12-16)8-5-4-7-14-23-18(20)21/h9-12H,2-8,13-14H2,1H3,(H,19,24)(H,20,21). The Morgan fingerprint density at radius 2 is 1.71 bits per heavy atom. The molecule has 0 aliphatic rings. The number of benzene rings is 1. The molecule has 0 aliphatic carbocycles. The van der Waals surface area contributed by atoms with Gasteiger partial charge in [-0.1, -0.05) is 31.9 Å². The molecule has 134 valence electrons. The van der Waals surface area contributed by atoms with Crippen molar-refractivity contribution in [3.8, 4) is 0 Å². The highest BCUT2D eigenvalue weighted by Crippen LogP contribution is 2.13. The third-order valence-corrected chi connectivity index (χ3v) is 3.74. The van der Waals surface area contributed by atoms with Gasteiger partial charge in [-0.15, -0.1) is 0 Å². The van der Waals surface area contributed by atoms with Crippen LogP contribution in [0.25, 0.3) is 0 Å². The fourth-order valence-electron chi connectivity index (χ4n) is 2.19. The maximum absolute atomic E-state index is 10.2. The lowest BCUT2D eigenvalue weighted by Crippen LogP contribution is -2.14. The number of rotatable bonds is 11. The summed E-state index contributed by atoms with van der Waals surface area (Å²) >= 11 is 5.16. The summed E-state index contributed by atoms with van der Waals surface area (Å²) in [6, 6.07) is 8.11. The Morgan fingerprint density at radius 3 is 2.38 bits per heavy atom. The Balaban J connectivity index is 2.18. The summed E-state index contributed by atoms with van der Waals surface area (Å²) in [5, 5.41) is 11.9. The highest BCUT2D eigenvalue weighted by atomic mass is 32.1. The normalized spacial score (nSPS) is 10.2. The number of hydrogen-bond acceptors (Lipinski definition) is 4. The second-order valence-electron chi connectivity index (χ2n) is 5.59. The zero-order valence-electron chi connectivity index (χ0n) is 14.3. The van der Waals surface area contributed by atoms with Crippen LogP contribution in [0.2, 0.25) is 0 Å². The first-order chi connectivity index (χ1) is 11.6. The van der Waals surface area contributed by atoms with Crippen molar-refractivity contribution in [3.05, 3.63) is 29.8 Å². The molecule has 0 aliphatic heterocycles. The highest BCUT2D eigenvalue weighted by molar-refractivity contribution is 7.80. The lowest BCUT2D eigenvalue weighted by molar-refractivity contribution is 0.0900. The van der Waals surface area contributed by atoms with Crippen LogP contribution < -0.4 is 5.32 Å². The number of ether oxygens (including phenoxy) is 2. The second kappa shape index (κ2) is 12.6. The maximum Gasteiger partial charge on any atom is 0.505 e. The van der Waals surface area contributed by atoms with Gasteiger partial charge in [-0.2, -0.15) is 0 Å². The molecule has 5 nitrogen and oxygen atoms in total. The first kappa shape index (κ1) is 20.2. The number of unbranched alkanes of at least 4 members (excludes halogenated alkanes) is 4. The van der Waals surface area contributed by atoms with E-state index in [2.05, 4.69) is 29.1 Å². The summed E-state index contributed by atoms with van der Waals surface area (Å²) in [6.45, 7) is 3.08. The molecule has 0 bridgehead atoms. The van der Waals surface area contributed by atoms with Crippen LogP contribution in [0, 0.1) is 0 Å². The molecule has 2 N–H and O–H groups in total. The summed E-state index contributed by atoms with van der Waals surface area (Å²) in [7, 11) is 0. The van der Waals surface area contributed by atoms with Crippen molar-refractivity contribution >= 4 is 29.2 Å².